The fourth-order valence-electron chi connectivity index (χ4n) is 1.81. The lowest BCUT2D eigenvalue weighted by Gasteiger charge is -2.13. The van der Waals surface area contributed by atoms with Crippen molar-refractivity contribution in [2.45, 2.75) is 16.6 Å². The van der Waals surface area contributed by atoms with Gasteiger partial charge in [0.25, 0.3) is 0 Å². The molecule has 2 aromatic rings. The molecule has 0 aliphatic rings. The summed E-state index contributed by atoms with van der Waals surface area (Å²) in [6, 6.07) is 2.93. The smallest absolute Gasteiger partial charge is 0.383 e. The van der Waals surface area contributed by atoms with E-state index in [1.807, 2.05) is 0 Å². The minimum atomic E-state index is -4.73. The highest BCUT2D eigenvalue weighted by Crippen LogP contribution is 2.43. The molecule has 0 saturated heterocycles. The molecular weight excluding hydrogens is 462 g/mol. The average Bonchev–Trinajstić information content (AvgIpc) is 2.75. The zero-order valence-electron chi connectivity index (χ0n) is 11.5. The molecule has 0 spiro atoms. The summed E-state index contributed by atoms with van der Waals surface area (Å²) in [6.45, 7) is 0. The third kappa shape index (κ3) is 4.16. The van der Waals surface area contributed by atoms with Gasteiger partial charge in [0.05, 0.1) is 21.2 Å². The van der Waals surface area contributed by atoms with Gasteiger partial charge in [-0.15, -0.1) is 0 Å². The van der Waals surface area contributed by atoms with Crippen LogP contribution in [0.5, 0.6) is 0 Å². The maximum absolute atomic E-state index is 12.8. The van der Waals surface area contributed by atoms with Crippen molar-refractivity contribution in [1.82, 2.24) is 9.78 Å². The molecule has 2 N–H and O–H groups in total. The maximum Gasteiger partial charge on any atom is 0.446 e. The van der Waals surface area contributed by atoms with Crippen molar-refractivity contribution in [2.75, 3.05) is 5.73 Å². The Kier molecular flexibility index (Phi) is 5.23. The van der Waals surface area contributed by atoms with Crippen LogP contribution < -0.4 is 5.73 Å². The van der Waals surface area contributed by atoms with Crippen LogP contribution in [0.2, 0.25) is 5.02 Å². The summed E-state index contributed by atoms with van der Waals surface area (Å²) in [5, 5.41) is 11.8. The van der Waals surface area contributed by atoms with E-state index in [0.717, 1.165) is 6.07 Å². The highest BCUT2D eigenvalue weighted by Gasteiger charge is 2.36. The topological polar surface area (TPSA) is 67.6 Å². The first-order valence-electron chi connectivity index (χ1n) is 5.96. The molecule has 1 aromatic heterocycles. The standard InChI is InChI=1S/C12H4BrClF6N4S/c13-5-1-4(11(15,16)17)6(14)2-8(5)24-10(22)9(7(3-21)23-24)25-12(18,19)20/h1-2H,22H2. The summed E-state index contributed by atoms with van der Waals surface area (Å²) in [5.41, 5.74) is -1.06. The van der Waals surface area contributed by atoms with Crippen LogP contribution in [0.1, 0.15) is 11.3 Å². The summed E-state index contributed by atoms with van der Waals surface area (Å²) < 4.78 is 76.8. The number of alkyl halides is 6. The summed E-state index contributed by atoms with van der Waals surface area (Å²) in [5.74, 6) is -0.560. The molecule has 4 nitrogen and oxygen atoms in total. The van der Waals surface area contributed by atoms with E-state index in [0.29, 0.717) is 10.7 Å². The van der Waals surface area contributed by atoms with Crippen molar-refractivity contribution in [3.63, 3.8) is 0 Å². The van der Waals surface area contributed by atoms with Crippen LogP contribution in [0, 0.1) is 11.3 Å². The van der Waals surface area contributed by atoms with Crippen molar-refractivity contribution in [3.05, 3.63) is 32.9 Å². The first kappa shape index (κ1) is 19.7. The first-order chi connectivity index (χ1) is 11.3. The quantitative estimate of drug-likeness (QED) is 0.478. The third-order valence-corrected chi connectivity index (χ3v) is 4.56. The number of nitrogen functional groups attached to an aromatic ring is 1. The van der Waals surface area contributed by atoms with Crippen molar-refractivity contribution in [1.29, 1.82) is 5.26 Å². The van der Waals surface area contributed by atoms with Gasteiger partial charge in [0.1, 0.15) is 11.9 Å². The fraction of sp³-hybridized carbons (Fsp3) is 0.167. The summed E-state index contributed by atoms with van der Waals surface area (Å²) in [4.78, 5) is -0.655. The van der Waals surface area contributed by atoms with E-state index in [9.17, 15) is 26.3 Å². The molecule has 134 valence electrons. The predicted molar refractivity (Wildman–Crippen MR) is 82.3 cm³/mol. The van der Waals surface area contributed by atoms with Crippen LogP contribution in [0.15, 0.2) is 21.5 Å². The summed E-state index contributed by atoms with van der Waals surface area (Å²) in [6.07, 6.45) is -4.73. The van der Waals surface area contributed by atoms with E-state index in [2.05, 4.69) is 21.0 Å². The molecule has 25 heavy (non-hydrogen) atoms. The number of nitrogens with two attached hydrogens (primary N) is 1. The minimum absolute atomic E-state index is 0.152. The molecular formula is C12H4BrClF6N4S. The Morgan fingerprint density at radius 3 is 2.32 bits per heavy atom. The van der Waals surface area contributed by atoms with E-state index in [-0.39, 0.29) is 10.2 Å². The third-order valence-electron chi connectivity index (χ3n) is 2.77. The Morgan fingerprint density at radius 2 is 1.84 bits per heavy atom. The van der Waals surface area contributed by atoms with E-state index < -0.39 is 50.4 Å². The number of benzene rings is 1. The summed E-state index contributed by atoms with van der Waals surface area (Å²) >= 11 is 7.83. The molecule has 0 aliphatic carbocycles. The molecule has 0 amide bonds. The number of rotatable bonds is 2. The first-order valence-corrected chi connectivity index (χ1v) is 7.95. The van der Waals surface area contributed by atoms with Gasteiger partial charge in [0.2, 0.25) is 0 Å². The van der Waals surface area contributed by atoms with Crippen LogP contribution in [0.3, 0.4) is 0 Å². The Labute approximate surface area is 153 Å². The van der Waals surface area contributed by atoms with Gasteiger partial charge < -0.3 is 5.73 Å². The molecule has 0 unspecified atom stereocenters. The van der Waals surface area contributed by atoms with E-state index in [4.69, 9.17) is 22.6 Å². The molecule has 1 heterocycles. The van der Waals surface area contributed by atoms with E-state index in [1.165, 1.54) is 6.07 Å². The monoisotopic (exact) mass is 464 g/mol. The van der Waals surface area contributed by atoms with Crippen LogP contribution in [-0.2, 0) is 6.18 Å². The number of hydrogen-bond acceptors (Lipinski definition) is 4. The van der Waals surface area contributed by atoms with Gasteiger partial charge in [-0.1, -0.05) is 11.6 Å². The van der Waals surface area contributed by atoms with Gasteiger partial charge >= 0.3 is 11.7 Å². The van der Waals surface area contributed by atoms with Gasteiger partial charge in [-0.3, -0.25) is 0 Å². The number of hydrogen-bond donors (Lipinski definition) is 1. The number of halogens is 8. The molecule has 0 bridgehead atoms. The van der Waals surface area contributed by atoms with Crippen LogP contribution >= 0.6 is 39.3 Å². The van der Waals surface area contributed by atoms with Gasteiger partial charge in [-0.25, -0.2) is 4.68 Å². The van der Waals surface area contributed by atoms with Crippen molar-refractivity contribution in [3.8, 4) is 11.8 Å². The molecule has 0 radical (unpaired) electrons. The molecule has 0 fully saturated rings. The van der Waals surface area contributed by atoms with Crippen molar-refractivity contribution < 1.29 is 26.3 Å². The van der Waals surface area contributed by atoms with E-state index >= 15 is 0 Å². The summed E-state index contributed by atoms with van der Waals surface area (Å²) in [7, 11) is 0. The van der Waals surface area contributed by atoms with Crippen molar-refractivity contribution >= 4 is 45.1 Å². The number of nitrogens with zero attached hydrogens (tertiary/aromatic N) is 3. The second kappa shape index (κ2) is 6.62. The fourth-order valence-corrected chi connectivity index (χ4v) is 3.19. The SMILES string of the molecule is N#Cc1nn(-c2cc(Cl)c(C(F)(F)F)cc2Br)c(N)c1SC(F)(F)F. The average molecular weight is 466 g/mol. The minimum Gasteiger partial charge on any atom is -0.383 e. The lowest BCUT2D eigenvalue weighted by Crippen LogP contribution is -2.09. The van der Waals surface area contributed by atoms with Gasteiger partial charge in [0.15, 0.2) is 5.69 Å². The molecule has 0 saturated carbocycles. The molecule has 2 rings (SSSR count). The molecule has 0 atom stereocenters. The Balaban J connectivity index is 2.65. The largest absolute Gasteiger partial charge is 0.446 e. The second-order valence-electron chi connectivity index (χ2n) is 4.42. The molecule has 13 heteroatoms. The number of anilines is 1. The Bertz CT molecular complexity index is 870. The van der Waals surface area contributed by atoms with Crippen LogP contribution in [-0.4, -0.2) is 15.3 Å². The van der Waals surface area contributed by atoms with Gasteiger partial charge in [-0.05, 0) is 39.8 Å². The normalized spacial score (nSPS) is 12.3. The van der Waals surface area contributed by atoms with E-state index in [1.54, 1.807) is 0 Å². The highest BCUT2D eigenvalue weighted by atomic mass is 79.9. The maximum atomic E-state index is 12.8. The zero-order valence-corrected chi connectivity index (χ0v) is 14.7. The second-order valence-corrected chi connectivity index (χ2v) is 6.75. The van der Waals surface area contributed by atoms with Crippen LogP contribution in [0.25, 0.3) is 5.69 Å². The lowest BCUT2D eigenvalue weighted by atomic mass is 10.2. The number of aromatic nitrogens is 2. The van der Waals surface area contributed by atoms with Crippen LogP contribution in [0.4, 0.5) is 32.2 Å². The highest BCUT2D eigenvalue weighted by molar-refractivity contribution is 9.10. The molecule has 1 aromatic carbocycles. The lowest BCUT2D eigenvalue weighted by molar-refractivity contribution is -0.137. The van der Waals surface area contributed by atoms with Gasteiger partial charge in [-0.2, -0.15) is 36.7 Å². The Hall–Kier alpha value is -1.58. The zero-order chi connectivity index (χ0) is 19.2. The predicted octanol–water partition coefficient (Wildman–Crippen LogP) is 5.37. The van der Waals surface area contributed by atoms with Gasteiger partial charge in [0, 0.05) is 4.47 Å². The Morgan fingerprint density at radius 1 is 1.24 bits per heavy atom. The van der Waals surface area contributed by atoms with Crippen molar-refractivity contribution in [2.24, 2.45) is 0 Å². The number of thioether (sulfide) groups is 1. The number of nitriles is 1. The molecule has 0 aliphatic heterocycles.